The van der Waals surface area contributed by atoms with Gasteiger partial charge >= 0.3 is 5.76 Å². The van der Waals surface area contributed by atoms with Crippen LogP contribution in [0.4, 0.5) is 8.78 Å². The summed E-state index contributed by atoms with van der Waals surface area (Å²) in [6, 6.07) is 6.14. The SMILES string of the molecule is C[C@H](c1cccc2c1CCC2)[C@H](NS(=O)(=O)c1ccc(F)c(C(C)(C)O)c1F)c1n[nH]c(=O)o1. The maximum atomic E-state index is 15.2. The van der Waals surface area contributed by atoms with Crippen LogP contribution in [0.25, 0.3) is 0 Å². The number of aliphatic hydroxyl groups is 1. The van der Waals surface area contributed by atoms with Crippen molar-refractivity contribution >= 4 is 10.0 Å². The molecule has 1 heterocycles. The molecule has 4 rings (SSSR count). The van der Waals surface area contributed by atoms with Crippen LogP contribution in [0.3, 0.4) is 0 Å². The molecule has 0 unspecified atom stereocenters. The maximum Gasteiger partial charge on any atom is 0.434 e. The summed E-state index contributed by atoms with van der Waals surface area (Å²) in [5.74, 6) is -4.13. The predicted molar refractivity (Wildman–Crippen MR) is 119 cm³/mol. The van der Waals surface area contributed by atoms with E-state index in [0.717, 1.165) is 61.9 Å². The molecule has 2 atom stereocenters. The number of hydrogen-bond donors (Lipinski definition) is 3. The molecule has 0 spiro atoms. The van der Waals surface area contributed by atoms with Gasteiger partial charge in [0.2, 0.25) is 15.9 Å². The van der Waals surface area contributed by atoms with Crippen molar-refractivity contribution in [2.45, 2.75) is 62.5 Å². The van der Waals surface area contributed by atoms with Gasteiger partial charge in [0.05, 0.1) is 11.2 Å². The number of rotatable bonds is 7. The van der Waals surface area contributed by atoms with Gasteiger partial charge in [0, 0.05) is 5.92 Å². The molecule has 34 heavy (non-hydrogen) atoms. The minimum Gasteiger partial charge on any atom is -0.391 e. The minimum atomic E-state index is -4.61. The summed E-state index contributed by atoms with van der Waals surface area (Å²) >= 11 is 0. The van der Waals surface area contributed by atoms with Gasteiger partial charge in [-0.2, -0.15) is 4.72 Å². The van der Waals surface area contributed by atoms with Crippen molar-refractivity contribution in [3.05, 3.63) is 80.7 Å². The van der Waals surface area contributed by atoms with E-state index in [1.165, 1.54) is 0 Å². The number of fused-ring (bicyclic) bond motifs is 1. The van der Waals surface area contributed by atoms with Crippen molar-refractivity contribution in [3.8, 4) is 0 Å². The smallest absolute Gasteiger partial charge is 0.391 e. The van der Waals surface area contributed by atoms with Gasteiger partial charge < -0.3 is 9.52 Å². The first-order valence-corrected chi connectivity index (χ1v) is 12.3. The highest BCUT2D eigenvalue weighted by Gasteiger charge is 2.36. The zero-order chi connectivity index (χ0) is 24.8. The third kappa shape index (κ3) is 4.42. The molecule has 0 radical (unpaired) electrons. The molecule has 0 aliphatic heterocycles. The molecular weight excluding hydrogens is 468 g/mol. The maximum absolute atomic E-state index is 15.2. The largest absolute Gasteiger partial charge is 0.434 e. The van der Waals surface area contributed by atoms with E-state index in [2.05, 4.69) is 14.9 Å². The van der Waals surface area contributed by atoms with Crippen molar-refractivity contribution in [2.24, 2.45) is 0 Å². The van der Waals surface area contributed by atoms with Crippen LogP contribution in [0.5, 0.6) is 0 Å². The second kappa shape index (κ2) is 8.71. The van der Waals surface area contributed by atoms with Gasteiger partial charge in [0.1, 0.15) is 16.8 Å². The number of aromatic nitrogens is 2. The number of nitrogens with one attached hydrogen (secondary N) is 2. The van der Waals surface area contributed by atoms with Crippen LogP contribution in [0.15, 0.2) is 44.4 Å². The fourth-order valence-corrected chi connectivity index (χ4v) is 5.88. The lowest BCUT2D eigenvalue weighted by molar-refractivity contribution is 0.0696. The quantitative estimate of drug-likeness (QED) is 0.464. The third-order valence-electron chi connectivity index (χ3n) is 6.13. The van der Waals surface area contributed by atoms with Crippen LogP contribution >= 0.6 is 0 Å². The molecular formula is C23H25F2N3O5S. The molecule has 3 N–H and O–H groups in total. The first-order chi connectivity index (χ1) is 15.9. The van der Waals surface area contributed by atoms with Crippen LogP contribution in [-0.2, 0) is 28.5 Å². The summed E-state index contributed by atoms with van der Waals surface area (Å²) in [5, 5.41) is 16.1. The second-order valence-electron chi connectivity index (χ2n) is 8.97. The zero-order valence-electron chi connectivity index (χ0n) is 18.9. The van der Waals surface area contributed by atoms with Gasteiger partial charge in [-0.15, -0.1) is 5.10 Å². The number of benzene rings is 2. The Labute approximate surface area is 195 Å². The third-order valence-corrected chi connectivity index (χ3v) is 7.59. The van der Waals surface area contributed by atoms with Crippen LogP contribution in [-0.4, -0.2) is 23.7 Å². The van der Waals surface area contributed by atoms with Crippen molar-refractivity contribution < 1.29 is 26.7 Å². The lowest BCUT2D eigenvalue weighted by Crippen LogP contribution is -2.34. The summed E-state index contributed by atoms with van der Waals surface area (Å²) in [6.07, 6.45) is 2.69. The van der Waals surface area contributed by atoms with Gasteiger partial charge in [-0.25, -0.2) is 27.1 Å². The number of sulfonamides is 1. The van der Waals surface area contributed by atoms with E-state index >= 15 is 4.39 Å². The van der Waals surface area contributed by atoms with E-state index in [4.69, 9.17) is 4.42 Å². The summed E-state index contributed by atoms with van der Waals surface area (Å²) in [5.41, 5.74) is 0.367. The summed E-state index contributed by atoms with van der Waals surface area (Å²) in [4.78, 5) is 10.8. The fourth-order valence-electron chi connectivity index (χ4n) is 4.53. The van der Waals surface area contributed by atoms with Crippen LogP contribution < -0.4 is 10.5 Å². The van der Waals surface area contributed by atoms with E-state index in [-0.39, 0.29) is 5.89 Å². The number of halogens is 2. The Morgan fingerprint density at radius 1 is 1.21 bits per heavy atom. The van der Waals surface area contributed by atoms with Crippen LogP contribution in [0.1, 0.15) is 67.3 Å². The molecule has 182 valence electrons. The Morgan fingerprint density at radius 3 is 2.59 bits per heavy atom. The highest BCUT2D eigenvalue weighted by atomic mass is 32.2. The molecule has 3 aromatic rings. The molecule has 1 aliphatic rings. The average Bonchev–Trinajstić information content (AvgIpc) is 3.39. The lowest BCUT2D eigenvalue weighted by atomic mass is 9.88. The van der Waals surface area contributed by atoms with Crippen molar-refractivity contribution in [3.63, 3.8) is 0 Å². The summed E-state index contributed by atoms with van der Waals surface area (Å²) in [7, 11) is -4.61. The lowest BCUT2D eigenvalue weighted by Gasteiger charge is -2.25. The number of hydrogen-bond acceptors (Lipinski definition) is 6. The van der Waals surface area contributed by atoms with Gasteiger partial charge in [-0.3, -0.25) is 0 Å². The monoisotopic (exact) mass is 493 g/mol. The Bertz CT molecular complexity index is 1390. The number of aryl methyl sites for hydroxylation is 1. The van der Waals surface area contributed by atoms with Crippen LogP contribution in [0.2, 0.25) is 0 Å². The molecule has 0 saturated carbocycles. The van der Waals surface area contributed by atoms with Gasteiger partial charge in [0.25, 0.3) is 0 Å². The van der Waals surface area contributed by atoms with Crippen molar-refractivity contribution in [1.29, 1.82) is 0 Å². The standard InChI is InChI=1S/C23H25F2N3O5S/c1-12(14-8-4-6-13-7-5-9-15(13)14)20(21-26-27-22(29)33-21)28-34(31,32)17-11-10-16(24)18(19(17)25)23(2,3)30/h4,6,8,10-12,20,28,30H,5,7,9H2,1-3H3,(H,27,29)/t12-,20+/m1/s1. The highest BCUT2D eigenvalue weighted by Crippen LogP contribution is 2.37. The summed E-state index contributed by atoms with van der Waals surface area (Å²) in [6.45, 7) is 4.05. The Kier molecular flexibility index (Phi) is 6.21. The normalized spacial score (nSPS) is 15.8. The zero-order valence-corrected chi connectivity index (χ0v) is 19.7. The molecule has 1 aromatic heterocycles. The first-order valence-electron chi connectivity index (χ1n) is 10.8. The molecule has 0 fully saturated rings. The summed E-state index contributed by atoms with van der Waals surface area (Å²) < 4.78 is 63.4. The van der Waals surface area contributed by atoms with Gasteiger partial charge in [-0.1, -0.05) is 25.1 Å². The van der Waals surface area contributed by atoms with E-state index < -0.39 is 55.4 Å². The molecule has 0 bridgehead atoms. The Hall–Kier alpha value is -2.89. The van der Waals surface area contributed by atoms with Gasteiger partial charge in [-0.05, 0) is 61.9 Å². The minimum absolute atomic E-state index is 0.220. The number of aromatic amines is 1. The number of H-pyrrole nitrogens is 1. The van der Waals surface area contributed by atoms with Crippen molar-refractivity contribution in [2.75, 3.05) is 0 Å². The van der Waals surface area contributed by atoms with E-state index in [0.29, 0.717) is 0 Å². The molecule has 1 aliphatic carbocycles. The second-order valence-corrected chi connectivity index (χ2v) is 10.7. The molecule has 11 heteroatoms. The fraction of sp³-hybridized carbons (Fsp3) is 0.391. The van der Waals surface area contributed by atoms with Crippen LogP contribution in [0, 0.1) is 11.6 Å². The van der Waals surface area contributed by atoms with E-state index in [1.807, 2.05) is 18.2 Å². The Morgan fingerprint density at radius 2 is 1.94 bits per heavy atom. The highest BCUT2D eigenvalue weighted by molar-refractivity contribution is 7.89. The van der Waals surface area contributed by atoms with E-state index in [9.17, 15) is 22.7 Å². The number of nitrogens with zero attached hydrogens (tertiary/aromatic N) is 1. The topological polar surface area (TPSA) is 125 Å². The molecule has 0 amide bonds. The van der Waals surface area contributed by atoms with Gasteiger partial charge in [0.15, 0.2) is 5.82 Å². The average molecular weight is 494 g/mol. The first kappa shape index (κ1) is 24.2. The van der Waals surface area contributed by atoms with Crippen molar-refractivity contribution in [1.82, 2.24) is 14.9 Å². The van der Waals surface area contributed by atoms with E-state index in [1.54, 1.807) is 6.92 Å². The molecule has 8 nitrogen and oxygen atoms in total. The molecule has 0 saturated heterocycles. The predicted octanol–water partition coefficient (Wildman–Crippen LogP) is 3.18. The molecule has 2 aromatic carbocycles. The Balaban J connectivity index is 1.79.